The van der Waals surface area contributed by atoms with Crippen LogP contribution in [0.3, 0.4) is 0 Å². The van der Waals surface area contributed by atoms with Crippen LogP contribution in [-0.2, 0) is 14.3 Å². The Balaban J connectivity index is 0. The van der Waals surface area contributed by atoms with Gasteiger partial charge in [-0.1, -0.05) is 19.9 Å². The van der Waals surface area contributed by atoms with Gasteiger partial charge in [0.05, 0.1) is 6.26 Å². The maximum absolute atomic E-state index is 9.76. The van der Waals surface area contributed by atoms with E-state index in [0.717, 1.165) is 19.1 Å². The van der Waals surface area contributed by atoms with Crippen LogP contribution in [0.1, 0.15) is 33.1 Å². The Morgan fingerprint density at radius 3 is 2.15 bits per heavy atom. The van der Waals surface area contributed by atoms with Crippen LogP contribution < -0.4 is 0 Å². The lowest BCUT2D eigenvalue weighted by Crippen LogP contribution is -1.91. The fourth-order valence-electron chi connectivity index (χ4n) is 0.445. The van der Waals surface area contributed by atoms with E-state index >= 15 is 0 Å². The van der Waals surface area contributed by atoms with Crippen molar-refractivity contribution in [1.29, 1.82) is 0 Å². The molecule has 4 nitrogen and oxygen atoms in total. The third kappa shape index (κ3) is 24.9. The molecule has 0 atom stereocenters. The fourth-order valence-corrected chi connectivity index (χ4v) is 0.445. The highest BCUT2D eigenvalue weighted by atomic mass is 16.5. The van der Waals surface area contributed by atoms with Crippen molar-refractivity contribution in [2.24, 2.45) is 0 Å². The van der Waals surface area contributed by atoms with Gasteiger partial charge in [-0.15, -0.1) is 0 Å². The molecule has 0 aliphatic carbocycles. The van der Waals surface area contributed by atoms with Gasteiger partial charge in [0.2, 0.25) is 0 Å². The molecule has 13 heavy (non-hydrogen) atoms. The van der Waals surface area contributed by atoms with E-state index in [4.69, 9.17) is 5.11 Å². The first-order valence-electron chi connectivity index (χ1n) is 4.04. The minimum Gasteiger partial charge on any atom is -0.481 e. The van der Waals surface area contributed by atoms with Crippen molar-refractivity contribution < 1.29 is 19.4 Å². The van der Waals surface area contributed by atoms with Gasteiger partial charge in [-0.3, -0.25) is 9.59 Å². The standard InChI is InChI=1S/C5H10O2.C4H6O2/c1-2-3-4-5(6)7;1-3-6-4(2)5/h2-4H2,1H3,(H,6,7);3H,1H2,2H3. The minimum absolute atomic E-state index is 0.316. The second kappa shape index (κ2) is 10.7. The number of hydrogen-bond donors (Lipinski definition) is 1. The van der Waals surface area contributed by atoms with Gasteiger partial charge in [-0.25, -0.2) is 0 Å². The van der Waals surface area contributed by atoms with Crippen LogP contribution >= 0.6 is 0 Å². The molecule has 76 valence electrons. The van der Waals surface area contributed by atoms with Gasteiger partial charge in [0.1, 0.15) is 0 Å². The molecule has 0 radical (unpaired) electrons. The van der Waals surface area contributed by atoms with Crippen LogP contribution in [-0.4, -0.2) is 17.0 Å². The van der Waals surface area contributed by atoms with Crippen LogP contribution in [0, 0.1) is 0 Å². The molecule has 4 heteroatoms. The zero-order valence-corrected chi connectivity index (χ0v) is 8.08. The molecule has 0 rings (SSSR count). The van der Waals surface area contributed by atoms with Crippen LogP contribution in [0.4, 0.5) is 0 Å². The van der Waals surface area contributed by atoms with Crippen LogP contribution in [0.5, 0.6) is 0 Å². The summed E-state index contributed by atoms with van der Waals surface area (Å²) in [5, 5.41) is 8.04. The fraction of sp³-hybridized carbons (Fsp3) is 0.556. The molecular formula is C9H16O4. The number of carbonyl (C=O) groups is 2. The number of ether oxygens (including phenoxy) is 1. The Labute approximate surface area is 78.2 Å². The van der Waals surface area contributed by atoms with Crippen molar-refractivity contribution >= 4 is 11.9 Å². The highest BCUT2D eigenvalue weighted by Crippen LogP contribution is 1.91. The largest absolute Gasteiger partial charge is 0.481 e. The Morgan fingerprint density at radius 1 is 1.54 bits per heavy atom. The predicted octanol–water partition coefficient (Wildman–Crippen LogP) is 1.95. The number of carboxylic acid groups (broad SMARTS) is 1. The van der Waals surface area contributed by atoms with Crippen LogP contribution in [0.15, 0.2) is 12.8 Å². The molecule has 0 heterocycles. The van der Waals surface area contributed by atoms with Crippen molar-refractivity contribution in [3.05, 3.63) is 12.8 Å². The summed E-state index contributed by atoms with van der Waals surface area (Å²) in [6.07, 6.45) is 3.18. The summed E-state index contributed by atoms with van der Waals surface area (Å²) < 4.78 is 4.17. The zero-order valence-electron chi connectivity index (χ0n) is 8.08. The Bertz CT molecular complexity index is 163. The van der Waals surface area contributed by atoms with E-state index < -0.39 is 5.97 Å². The summed E-state index contributed by atoms with van der Waals surface area (Å²) >= 11 is 0. The molecule has 0 aliphatic heterocycles. The zero-order chi connectivity index (χ0) is 10.7. The van der Waals surface area contributed by atoms with Gasteiger partial charge in [0.15, 0.2) is 0 Å². The highest BCUT2D eigenvalue weighted by molar-refractivity contribution is 5.66. The molecule has 0 aromatic heterocycles. The second-order valence-electron chi connectivity index (χ2n) is 2.27. The summed E-state index contributed by atoms with van der Waals surface area (Å²) in [6.45, 7) is 6.45. The van der Waals surface area contributed by atoms with E-state index in [0.29, 0.717) is 6.42 Å². The molecule has 0 unspecified atom stereocenters. The molecule has 0 aromatic carbocycles. The van der Waals surface area contributed by atoms with Gasteiger partial charge >= 0.3 is 11.9 Å². The van der Waals surface area contributed by atoms with Crippen molar-refractivity contribution in [1.82, 2.24) is 0 Å². The first-order valence-corrected chi connectivity index (χ1v) is 4.04. The molecule has 0 bridgehead atoms. The van der Waals surface area contributed by atoms with E-state index in [1.807, 2.05) is 6.92 Å². The molecular weight excluding hydrogens is 172 g/mol. The summed E-state index contributed by atoms with van der Waals surface area (Å²) in [6, 6.07) is 0. The lowest BCUT2D eigenvalue weighted by Gasteiger charge is -1.85. The molecule has 0 spiro atoms. The van der Waals surface area contributed by atoms with Crippen molar-refractivity contribution in [2.45, 2.75) is 33.1 Å². The topological polar surface area (TPSA) is 63.6 Å². The lowest BCUT2D eigenvalue weighted by molar-refractivity contribution is -0.137. The first kappa shape index (κ1) is 14.2. The second-order valence-corrected chi connectivity index (χ2v) is 2.27. The molecule has 0 saturated carbocycles. The average Bonchev–Trinajstić information content (AvgIpc) is 2.01. The number of aliphatic carboxylic acids is 1. The summed E-state index contributed by atoms with van der Waals surface area (Å²) in [5.74, 6) is -1.02. The number of unbranched alkanes of at least 4 members (excludes halogenated alkanes) is 1. The average molecular weight is 188 g/mol. The third-order valence-electron chi connectivity index (χ3n) is 0.993. The maximum Gasteiger partial charge on any atom is 0.307 e. The normalized spacial score (nSPS) is 7.85. The van der Waals surface area contributed by atoms with E-state index in [1.54, 1.807) is 0 Å². The highest BCUT2D eigenvalue weighted by Gasteiger charge is 1.90. The first-order chi connectivity index (χ1) is 6.04. The van der Waals surface area contributed by atoms with Gasteiger partial charge in [0, 0.05) is 13.3 Å². The monoisotopic (exact) mass is 188 g/mol. The quantitative estimate of drug-likeness (QED) is 0.541. The molecule has 1 N–H and O–H groups in total. The Hall–Kier alpha value is -1.32. The number of esters is 1. The minimum atomic E-state index is -0.693. The van der Waals surface area contributed by atoms with E-state index in [2.05, 4.69) is 11.3 Å². The van der Waals surface area contributed by atoms with E-state index in [1.165, 1.54) is 6.92 Å². The molecule has 0 amide bonds. The van der Waals surface area contributed by atoms with Crippen molar-refractivity contribution in [3.63, 3.8) is 0 Å². The Morgan fingerprint density at radius 2 is 2.08 bits per heavy atom. The molecule has 0 aliphatic rings. The number of hydrogen-bond acceptors (Lipinski definition) is 3. The SMILES string of the molecule is C=COC(C)=O.CCCCC(=O)O. The third-order valence-corrected chi connectivity index (χ3v) is 0.993. The van der Waals surface area contributed by atoms with Gasteiger partial charge in [0.25, 0.3) is 0 Å². The van der Waals surface area contributed by atoms with Gasteiger partial charge < -0.3 is 9.84 Å². The predicted molar refractivity (Wildman–Crippen MR) is 49.1 cm³/mol. The van der Waals surface area contributed by atoms with E-state index in [9.17, 15) is 9.59 Å². The number of carboxylic acids is 1. The van der Waals surface area contributed by atoms with Crippen LogP contribution in [0.25, 0.3) is 0 Å². The summed E-state index contributed by atoms with van der Waals surface area (Å²) in [7, 11) is 0. The van der Waals surface area contributed by atoms with Crippen molar-refractivity contribution in [2.75, 3.05) is 0 Å². The van der Waals surface area contributed by atoms with Crippen LogP contribution in [0.2, 0.25) is 0 Å². The molecule has 0 aromatic rings. The smallest absolute Gasteiger partial charge is 0.307 e. The number of carbonyl (C=O) groups excluding carboxylic acids is 1. The van der Waals surface area contributed by atoms with E-state index in [-0.39, 0.29) is 5.97 Å². The number of rotatable bonds is 4. The van der Waals surface area contributed by atoms with Crippen molar-refractivity contribution in [3.8, 4) is 0 Å². The Kier molecular flexibility index (Phi) is 11.7. The summed E-state index contributed by atoms with van der Waals surface area (Å²) in [4.78, 5) is 19.5. The lowest BCUT2D eigenvalue weighted by atomic mass is 10.3. The maximum atomic E-state index is 9.76. The van der Waals surface area contributed by atoms with Gasteiger partial charge in [-0.2, -0.15) is 0 Å². The molecule has 0 saturated heterocycles. The van der Waals surface area contributed by atoms with Gasteiger partial charge in [-0.05, 0) is 6.42 Å². The molecule has 0 fully saturated rings. The summed E-state index contributed by atoms with van der Waals surface area (Å²) in [5.41, 5.74) is 0.